The molecule has 0 spiro atoms. The molecule has 25 heavy (non-hydrogen) atoms. The van der Waals surface area contributed by atoms with Crippen LogP contribution in [0.1, 0.15) is 30.3 Å². The first-order valence-electron chi connectivity index (χ1n) is 8.24. The number of carbonyl (C=O) groups is 1. The van der Waals surface area contributed by atoms with Crippen molar-refractivity contribution in [2.24, 2.45) is 0 Å². The third-order valence-electron chi connectivity index (χ3n) is 4.17. The molecule has 1 aliphatic heterocycles. The fourth-order valence-corrected chi connectivity index (χ4v) is 4.20. The first-order chi connectivity index (χ1) is 12.0. The fourth-order valence-electron chi connectivity index (χ4n) is 2.84. The monoisotopic (exact) mass is 363 g/mol. The Hall–Kier alpha value is -2.35. The van der Waals surface area contributed by atoms with E-state index in [0.29, 0.717) is 29.2 Å². The molecule has 0 aliphatic carbocycles. The van der Waals surface area contributed by atoms with E-state index in [1.807, 2.05) is 6.92 Å². The molecule has 0 radical (unpaired) electrons. The van der Waals surface area contributed by atoms with E-state index < -0.39 is 9.84 Å². The molecule has 2 aromatic rings. The number of unbranched alkanes of at least 4 members (excludes halogenated alkanes) is 1. The predicted octanol–water partition coefficient (Wildman–Crippen LogP) is 1.88. The summed E-state index contributed by atoms with van der Waals surface area (Å²) in [5.74, 6) is 0.288. The number of benzene rings is 1. The number of aromatic nitrogens is 2. The number of methoxy groups -OCH3 is 1. The number of hydrogen-bond acceptors (Lipinski definition) is 5. The lowest BCUT2D eigenvalue weighted by Gasteiger charge is -2.09. The van der Waals surface area contributed by atoms with Crippen LogP contribution in [0.25, 0.3) is 11.3 Å². The molecule has 0 atom stereocenters. The molecule has 8 heteroatoms. The highest BCUT2D eigenvalue weighted by Crippen LogP contribution is 2.31. The summed E-state index contributed by atoms with van der Waals surface area (Å²) >= 11 is 0. The number of fused-ring (bicyclic) bond motifs is 1. The summed E-state index contributed by atoms with van der Waals surface area (Å²) in [5.41, 5.74) is 1.31. The Labute approximate surface area is 146 Å². The quantitative estimate of drug-likeness (QED) is 0.792. The highest BCUT2D eigenvalue weighted by molar-refractivity contribution is 7.91. The van der Waals surface area contributed by atoms with Crippen LogP contribution < -0.4 is 10.1 Å². The maximum atomic E-state index is 12.7. The first-order valence-corrected chi connectivity index (χ1v) is 9.89. The van der Waals surface area contributed by atoms with Gasteiger partial charge in [0.25, 0.3) is 5.91 Å². The summed E-state index contributed by atoms with van der Waals surface area (Å²) in [5, 5.41) is 2.82. The van der Waals surface area contributed by atoms with E-state index in [2.05, 4.69) is 10.3 Å². The molecule has 2 heterocycles. The molecule has 1 N–H and O–H groups in total. The van der Waals surface area contributed by atoms with Crippen molar-refractivity contribution in [2.45, 2.75) is 31.5 Å². The van der Waals surface area contributed by atoms with Gasteiger partial charge in [0.05, 0.1) is 12.9 Å². The number of nitrogens with zero attached hydrogens (tertiary/aromatic N) is 2. The maximum absolute atomic E-state index is 12.7. The highest BCUT2D eigenvalue weighted by Gasteiger charge is 2.35. The minimum Gasteiger partial charge on any atom is -0.497 e. The largest absolute Gasteiger partial charge is 0.497 e. The summed E-state index contributed by atoms with van der Waals surface area (Å²) in [6.45, 7) is 2.82. The number of nitrogens with one attached hydrogen (secondary N) is 1. The third-order valence-corrected chi connectivity index (χ3v) is 5.76. The lowest BCUT2D eigenvalue weighted by atomic mass is 10.1. The number of amides is 1. The minimum atomic E-state index is -3.45. The number of hydrogen-bond donors (Lipinski definition) is 1. The highest BCUT2D eigenvalue weighted by atomic mass is 32.2. The Balaban J connectivity index is 2.10. The van der Waals surface area contributed by atoms with Gasteiger partial charge in [0.2, 0.25) is 15.0 Å². The Morgan fingerprint density at radius 2 is 2.20 bits per heavy atom. The van der Waals surface area contributed by atoms with Crippen molar-refractivity contribution in [1.82, 2.24) is 14.9 Å². The molecule has 0 saturated carbocycles. The molecule has 0 fully saturated rings. The normalized spacial score (nSPS) is 15.0. The predicted molar refractivity (Wildman–Crippen MR) is 93.5 cm³/mol. The van der Waals surface area contributed by atoms with Crippen molar-refractivity contribution in [2.75, 3.05) is 19.4 Å². The lowest BCUT2D eigenvalue weighted by molar-refractivity contribution is 0.0944. The molecule has 1 aromatic carbocycles. The van der Waals surface area contributed by atoms with Crippen molar-refractivity contribution in [3.05, 3.63) is 30.0 Å². The van der Waals surface area contributed by atoms with Gasteiger partial charge in [-0.3, -0.25) is 4.79 Å². The van der Waals surface area contributed by atoms with E-state index >= 15 is 0 Å². The topological polar surface area (TPSA) is 90.3 Å². The summed E-state index contributed by atoms with van der Waals surface area (Å²) in [4.78, 5) is 17.0. The molecular weight excluding hydrogens is 342 g/mol. The summed E-state index contributed by atoms with van der Waals surface area (Å²) in [6, 6.07) is 7.10. The van der Waals surface area contributed by atoms with Crippen LogP contribution in [-0.4, -0.2) is 43.3 Å². The molecule has 1 aliphatic rings. The fraction of sp³-hybridized carbons (Fsp3) is 0.412. The molecule has 7 nitrogen and oxygen atoms in total. The van der Waals surface area contributed by atoms with Gasteiger partial charge in [0.15, 0.2) is 0 Å². The smallest absolute Gasteiger partial charge is 0.270 e. The van der Waals surface area contributed by atoms with Crippen molar-refractivity contribution in [3.63, 3.8) is 0 Å². The maximum Gasteiger partial charge on any atom is 0.270 e. The van der Waals surface area contributed by atoms with E-state index in [9.17, 15) is 13.2 Å². The van der Waals surface area contributed by atoms with Gasteiger partial charge < -0.3 is 14.6 Å². The zero-order valence-electron chi connectivity index (χ0n) is 14.3. The van der Waals surface area contributed by atoms with Gasteiger partial charge in [-0.1, -0.05) is 25.5 Å². The molecule has 3 rings (SSSR count). The Kier molecular flexibility index (Phi) is 4.80. The molecule has 0 bridgehead atoms. The van der Waals surface area contributed by atoms with Crippen LogP contribution in [-0.2, 0) is 16.4 Å². The molecule has 0 unspecified atom stereocenters. The molecule has 1 amide bonds. The standard InChI is InChI=1S/C17H21N3O4S/c1-3-4-8-18-16(21)15-14(12-6-5-7-13(11-12)24-2)19-17-20(15)9-10-25(17,22)23/h5-7,11H,3-4,8-10H2,1-2H3,(H,18,21). The minimum absolute atomic E-state index is 0.0248. The van der Waals surface area contributed by atoms with Crippen LogP contribution in [0.4, 0.5) is 0 Å². The van der Waals surface area contributed by atoms with Crippen LogP contribution in [0.2, 0.25) is 0 Å². The summed E-state index contributed by atoms with van der Waals surface area (Å²) in [7, 11) is -1.90. The van der Waals surface area contributed by atoms with E-state index in [1.165, 1.54) is 4.57 Å². The van der Waals surface area contributed by atoms with Crippen LogP contribution in [0.15, 0.2) is 29.4 Å². The number of carbonyl (C=O) groups excluding carboxylic acids is 1. The van der Waals surface area contributed by atoms with Crippen LogP contribution in [0, 0.1) is 0 Å². The molecular formula is C17H21N3O4S. The van der Waals surface area contributed by atoms with Gasteiger partial charge in [-0.15, -0.1) is 0 Å². The first kappa shape index (κ1) is 17.5. The second-order valence-electron chi connectivity index (χ2n) is 5.90. The summed E-state index contributed by atoms with van der Waals surface area (Å²) in [6.07, 6.45) is 1.82. The number of sulfone groups is 1. The SMILES string of the molecule is CCCCNC(=O)c1c(-c2cccc(OC)c2)nc2n1CCS2(=O)=O. The zero-order chi connectivity index (χ0) is 18.0. The number of rotatable bonds is 6. The van der Waals surface area contributed by atoms with Crippen LogP contribution in [0.5, 0.6) is 5.75 Å². The summed E-state index contributed by atoms with van der Waals surface area (Å²) < 4.78 is 31.2. The Morgan fingerprint density at radius 1 is 1.40 bits per heavy atom. The van der Waals surface area contributed by atoms with E-state index in [0.717, 1.165) is 12.8 Å². The average molecular weight is 363 g/mol. The second kappa shape index (κ2) is 6.87. The van der Waals surface area contributed by atoms with Gasteiger partial charge in [-0.2, -0.15) is 0 Å². The number of imidazole rings is 1. The van der Waals surface area contributed by atoms with Gasteiger partial charge in [-0.05, 0) is 18.6 Å². The van der Waals surface area contributed by atoms with Gasteiger partial charge >= 0.3 is 0 Å². The Bertz CT molecular complexity index is 903. The average Bonchev–Trinajstić information content (AvgIpc) is 3.13. The van der Waals surface area contributed by atoms with E-state index in [-0.39, 0.29) is 23.4 Å². The van der Waals surface area contributed by atoms with Crippen molar-refractivity contribution in [1.29, 1.82) is 0 Å². The van der Waals surface area contributed by atoms with Gasteiger partial charge in [0.1, 0.15) is 17.1 Å². The Morgan fingerprint density at radius 3 is 2.92 bits per heavy atom. The second-order valence-corrected chi connectivity index (χ2v) is 7.91. The lowest BCUT2D eigenvalue weighted by Crippen LogP contribution is -2.27. The van der Waals surface area contributed by atoms with Gasteiger partial charge in [0, 0.05) is 18.7 Å². The van der Waals surface area contributed by atoms with Crippen LogP contribution >= 0.6 is 0 Å². The zero-order valence-corrected chi connectivity index (χ0v) is 15.1. The number of ether oxygens (including phenoxy) is 1. The third kappa shape index (κ3) is 3.26. The van der Waals surface area contributed by atoms with Crippen molar-refractivity contribution < 1.29 is 17.9 Å². The van der Waals surface area contributed by atoms with Gasteiger partial charge in [-0.25, -0.2) is 13.4 Å². The van der Waals surface area contributed by atoms with Crippen molar-refractivity contribution in [3.8, 4) is 17.0 Å². The molecule has 0 saturated heterocycles. The van der Waals surface area contributed by atoms with E-state index in [4.69, 9.17) is 4.74 Å². The molecule has 134 valence electrons. The van der Waals surface area contributed by atoms with Crippen molar-refractivity contribution >= 4 is 15.7 Å². The molecule has 1 aromatic heterocycles. The van der Waals surface area contributed by atoms with E-state index in [1.54, 1.807) is 31.4 Å². The van der Waals surface area contributed by atoms with Crippen LogP contribution in [0.3, 0.4) is 0 Å².